The number of aromatic hydroxyl groups is 1. The Morgan fingerprint density at radius 2 is 2.14 bits per heavy atom. The molecule has 3 fully saturated rings. The Labute approximate surface area is 202 Å². The van der Waals surface area contributed by atoms with Gasteiger partial charge in [-0.3, -0.25) is 19.0 Å². The Morgan fingerprint density at radius 1 is 1.37 bits per heavy atom. The van der Waals surface area contributed by atoms with Crippen molar-refractivity contribution in [1.29, 1.82) is 0 Å². The van der Waals surface area contributed by atoms with Gasteiger partial charge in [-0.25, -0.2) is 0 Å². The van der Waals surface area contributed by atoms with Crippen molar-refractivity contribution in [2.75, 3.05) is 33.5 Å². The van der Waals surface area contributed by atoms with Crippen LogP contribution in [-0.2, 0) is 20.8 Å². The van der Waals surface area contributed by atoms with E-state index in [4.69, 9.17) is 9.47 Å². The molecular formula is C24H31N5O6. The third-order valence-corrected chi connectivity index (χ3v) is 6.97. The van der Waals surface area contributed by atoms with Crippen molar-refractivity contribution in [2.24, 2.45) is 5.41 Å². The highest BCUT2D eigenvalue weighted by atomic mass is 16.5. The number of amides is 2. The van der Waals surface area contributed by atoms with Crippen LogP contribution in [0.2, 0.25) is 0 Å². The number of methoxy groups -OCH3 is 1. The first kappa shape index (κ1) is 23.6. The number of hydrogen-bond donors (Lipinski definition) is 2. The van der Waals surface area contributed by atoms with Crippen molar-refractivity contribution in [3.63, 3.8) is 0 Å². The van der Waals surface area contributed by atoms with E-state index in [-0.39, 0.29) is 34.8 Å². The first-order chi connectivity index (χ1) is 16.8. The summed E-state index contributed by atoms with van der Waals surface area (Å²) in [5, 5.41) is 18.1. The average Bonchev–Trinajstić information content (AvgIpc) is 3.75. The summed E-state index contributed by atoms with van der Waals surface area (Å²) >= 11 is 0. The van der Waals surface area contributed by atoms with Gasteiger partial charge in [-0.05, 0) is 37.2 Å². The van der Waals surface area contributed by atoms with Crippen LogP contribution >= 0.6 is 0 Å². The second-order valence-electron chi connectivity index (χ2n) is 10.0. The smallest absolute Gasteiger partial charge is 0.291 e. The average molecular weight is 486 g/mol. The molecule has 2 aromatic heterocycles. The lowest BCUT2D eigenvalue weighted by molar-refractivity contribution is -0.136. The van der Waals surface area contributed by atoms with E-state index in [2.05, 4.69) is 17.3 Å². The van der Waals surface area contributed by atoms with Gasteiger partial charge in [0, 0.05) is 37.9 Å². The molecule has 0 bridgehead atoms. The topological polar surface area (TPSA) is 127 Å². The summed E-state index contributed by atoms with van der Waals surface area (Å²) in [6, 6.07) is -0.143. The van der Waals surface area contributed by atoms with Gasteiger partial charge in [0.1, 0.15) is 5.65 Å². The summed E-state index contributed by atoms with van der Waals surface area (Å²) in [6.07, 6.45) is 8.18. The lowest BCUT2D eigenvalue weighted by atomic mass is 10.1. The Morgan fingerprint density at radius 3 is 2.83 bits per heavy atom. The molecule has 3 heterocycles. The van der Waals surface area contributed by atoms with Crippen molar-refractivity contribution in [3.8, 4) is 5.88 Å². The highest BCUT2D eigenvalue weighted by molar-refractivity contribution is 5.97. The molecule has 0 spiro atoms. The first-order valence-corrected chi connectivity index (χ1v) is 12.0. The highest BCUT2D eigenvalue weighted by Crippen LogP contribution is 2.47. The van der Waals surface area contributed by atoms with Crippen molar-refractivity contribution >= 4 is 23.5 Å². The summed E-state index contributed by atoms with van der Waals surface area (Å²) in [7, 11) is 1.58. The molecule has 0 aromatic carbocycles. The van der Waals surface area contributed by atoms with Crippen LogP contribution in [0, 0.1) is 5.41 Å². The minimum Gasteiger partial charge on any atom is -0.494 e. The molecule has 2 saturated carbocycles. The molecule has 11 heteroatoms. The Bertz CT molecular complexity index is 1240. The molecule has 11 nitrogen and oxygen atoms in total. The van der Waals surface area contributed by atoms with E-state index < -0.39 is 11.5 Å². The van der Waals surface area contributed by atoms with Gasteiger partial charge in [-0.2, -0.15) is 9.61 Å². The maximum absolute atomic E-state index is 13.2. The summed E-state index contributed by atoms with van der Waals surface area (Å²) in [5.41, 5.74) is -0.186. The number of fused-ring (bicyclic) bond motifs is 1. The van der Waals surface area contributed by atoms with Crippen LogP contribution in [-0.4, -0.2) is 81.6 Å². The molecule has 5 rings (SSSR count). The number of nitrogens with one attached hydrogen (secondary N) is 1. The number of hydrogen-bond acceptors (Lipinski definition) is 7. The van der Waals surface area contributed by atoms with E-state index in [0.717, 1.165) is 30.2 Å². The van der Waals surface area contributed by atoms with Crippen molar-refractivity contribution in [1.82, 2.24) is 24.4 Å². The second-order valence-corrected chi connectivity index (χ2v) is 10.0. The minimum absolute atomic E-state index is 0.0376. The molecule has 1 saturated heterocycles. The first-order valence-electron chi connectivity index (χ1n) is 12.0. The number of carbonyl (C=O) groups excluding carboxylic acids is 2. The molecule has 0 radical (unpaired) electrons. The van der Waals surface area contributed by atoms with E-state index >= 15 is 0 Å². The fourth-order valence-corrected chi connectivity index (χ4v) is 4.45. The molecule has 1 aliphatic heterocycles. The van der Waals surface area contributed by atoms with Gasteiger partial charge < -0.3 is 24.8 Å². The quantitative estimate of drug-likeness (QED) is 0.529. The predicted molar refractivity (Wildman–Crippen MR) is 126 cm³/mol. The fraction of sp³-hybridized carbons (Fsp3) is 0.583. The van der Waals surface area contributed by atoms with Gasteiger partial charge in [0.05, 0.1) is 32.1 Å². The van der Waals surface area contributed by atoms with E-state index in [1.54, 1.807) is 22.7 Å². The highest BCUT2D eigenvalue weighted by Gasteiger charge is 2.40. The van der Waals surface area contributed by atoms with E-state index in [1.165, 1.54) is 12.3 Å². The summed E-state index contributed by atoms with van der Waals surface area (Å²) in [6.45, 7) is 4.19. The number of aromatic nitrogens is 3. The van der Waals surface area contributed by atoms with Gasteiger partial charge in [-0.1, -0.05) is 6.92 Å². The zero-order valence-electron chi connectivity index (χ0n) is 20.0. The number of carbonyl (C=O) groups is 2. The van der Waals surface area contributed by atoms with Crippen LogP contribution in [0.15, 0.2) is 17.1 Å². The Hall–Kier alpha value is -3.18. The van der Waals surface area contributed by atoms with Crippen molar-refractivity contribution in [2.45, 2.75) is 51.2 Å². The number of ether oxygens (including phenoxy) is 2. The fourth-order valence-electron chi connectivity index (χ4n) is 4.45. The van der Waals surface area contributed by atoms with Crippen molar-refractivity contribution in [3.05, 3.63) is 33.8 Å². The Kier molecular flexibility index (Phi) is 6.14. The second kappa shape index (κ2) is 9.12. The third kappa shape index (κ3) is 4.70. The Balaban J connectivity index is 1.52. The maximum atomic E-state index is 13.2. The summed E-state index contributed by atoms with van der Waals surface area (Å²) in [4.78, 5) is 40.6. The standard InChI is InChI=1S/C24H31N5O6/c1-24(7-8-24)14-28-21-15(3-6-18(30)27-9-10-35-13-17(27)12-34-2)11-25-29(21)23(33)19(22(28)32)20(31)26-16-4-5-16/h3,6,11,16-17,32H,4-5,7-10,12-14H2,1-2H3,(H,26,31). The molecule has 2 aromatic rings. The number of morpholine rings is 1. The monoisotopic (exact) mass is 485 g/mol. The number of rotatable bonds is 8. The van der Waals surface area contributed by atoms with Crippen LogP contribution < -0.4 is 10.9 Å². The zero-order valence-corrected chi connectivity index (χ0v) is 20.0. The predicted octanol–water partition coefficient (Wildman–Crippen LogP) is 0.781. The lowest BCUT2D eigenvalue weighted by Crippen LogP contribution is -2.50. The molecule has 2 aliphatic carbocycles. The van der Waals surface area contributed by atoms with Gasteiger partial charge in [0.2, 0.25) is 11.8 Å². The zero-order chi connectivity index (χ0) is 24.7. The largest absolute Gasteiger partial charge is 0.494 e. The molecule has 1 atom stereocenters. The van der Waals surface area contributed by atoms with Crippen LogP contribution in [0.25, 0.3) is 11.7 Å². The van der Waals surface area contributed by atoms with Crippen molar-refractivity contribution < 1.29 is 24.2 Å². The molecule has 2 N–H and O–H groups in total. The normalized spacial score (nSPS) is 21.5. The summed E-state index contributed by atoms with van der Waals surface area (Å²) < 4.78 is 13.4. The van der Waals surface area contributed by atoms with E-state index in [0.29, 0.717) is 44.1 Å². The lowest BCUT2D eigenvalue weighted by Gasteiger charge is -2.34. The van der Waals surface area contributed by atoms with E-state index in [1.807, 2.05) is 0 Å². The maximum Gasteiger partial charge on any atom is 0.291 e. The molecule has 2 amide bonds. The van der Waals surface area contributed by atoms with Gasteiger partial charge in [0.15, 0.2) is 5.56 Å². The molecule has 35 heavy (non-hydrogen) atoms. The molecule has 188 valence electrons. The third-order valence-electron chi connectivity index (χ3n) is 6.97. The SMILES string of the molecule is COCC1COCCN1C(=O)C=Cc1cnn2c(=O)c(C(=O)NC3CC3)c(O)n(CC3(C)CC3)c12. The summed E-state index contributed by atoms with van der Waals surface area (Å²) in [5.74, 6) is -1.17. The van der Waals surface area contributed by atoms with Gasteiger partial charge in [0.25, 0.3) is 11.5 Å². The van der Waals surface area contributed by atoms with E-state index in [9.17, 15) is 19.5 Å². The van der Waals surface area contributed by atoms with Crippen LogP contribution in [0.4, 0.5) is 0 Å². The molecule has 1 unspecified atom stereocenters. The number of nitrogens with zero attached hydrogens (tertiary/aromatic N) is 4. The van der Waals surface area contributed by atoms with Crippen LogP contribution in [0.1, 0.15) is 48.5 Å². The van der Waals surface area contributed by atoms with Gasteiger partial charge in [-0.15, -0.1) is 0 Å². The molecule has 3 aliphatic rings. The van der Waals surface area contributed by atoms with Gasteiger partial charge >= 0.3 is 0 Å². The molecular weight excluding hydrogens is 454 g/mol. The minimum atomic E-state index is -0.688. The van der Waals surface area contributed by atoms with Crippen LogP contribution in [0.3, 0.4) is 0 Å². The van der Waals surface area contributed by atoms with Crippen LogP contribution in [0.5, 0.6) is 5.88 Å².